The molecule has 5 nitrogen and oxygen atoms in total. The molecular formula is C18H25N3O2S. The van der Waals surface area contributed by atoms with Gasteiger partial charge in [-0.3, -0.25) is 14.5 Å². The van der Waals surface area contributed by atoms with Gasteiger partial charge in [-0.05, 0) is 45.0 Å². The molecule has 1 heterocycles. The highest BCUT2D eigenvalue weighted by Crippen LogP contribution is 2.20. The van der Waals surface area contributed by atoms with Crippen molar-refractivity contribution in [1.82, 2.24) is 9.80 Å². The van der Waals surface area contributed by atoms with Crippen LogP contribution < -0.4 is 0 Å². The fourth-order valence-electron chi connectivity index (χ4n) is 2.94. The van der Waals surface area contributed by atoms with Crippen LogP contribution in [0.15, 0.2) is 29.3 Å². The van der Waals surface area contributed by atoms with Gasteiger partial charge in [-0.2, -0.15) is 0 Å². The van der Waals surface area contributed by atoms with E-state index in [0.717, 1.165) is 38.1 Å². The summed E-state index contributed by atoms with van der Waals surface area (Å²) in [6.07, 6.45) is 10.6. The third-order valence-electron chi connectivity index (χ3n) is 4.38. The molecule has 24 heavy (non-hydrogen) atoms. The van der Waals surface area contributed by atoms with E-state index in [1.54, 1.807) is 4.90 Å². The van der Waals surface area contributed by atoms with Gasteiger partial charge >= 0.3 is 0 Å². The second kappa shape index (κ2) is 8.87. The molecule has 0 fully saturated rings. The first kappa shape index (κ1) is 18.5. The Morgan fingerprint density at radius 3 is 2.71 bits per heavy atom. The third-order valence-corrected chi connectivity index (χ3v) is 4.69. The van der Waals surface area contributed by atoms with E-state index in [0.29, 0.717) is 18.1 Å². The molecule has 2 amide bonds. The van der Waals surface area contributed by atoms with Crippen LogP contribution in [0.5, 0.6) is 0 Å². The zero-order valence-electron chi connectivity index (χ0n) is 14.4. The smallest absolute Gasteiger partial charge is 0.241 e. The molecule has 0 saturated heterocycles. The predicted molar refractivity (Wildman–Crippen MR) is 99.9 cm³/mol. The van der Waals surface area contributed by atoms with Crippen LogP contribution in [0.3, 0.4) is 0 Å². The number of hydrogen-bond acceptors (Lipinski definition) is 3. The summed E-state index contributed by atoms with van der Waals surface area (Å²) in [6, 6.07) is 0. The molecule has 0 bridgehead atoms. The van der Waals surface area contributed by atoms with Gasteiger partial charge in [0.2, 0.25) is 16.9 Å². The molecule has 0 saturated carbocycles. The van der Waals surface area contributed by atoms with E-state index in [9.17, 15) is 9.59 Å². The van der Waals surface area contributed by atoms with Crippen LogP contribution in [0.25, 0.3) is 0 Å². The normalized spacial score (nSPS) is 19.3. The number of amides is 2. The van der Waals surface area contributed by atoms with Crippen molar-refractivity contribution < 1.29 is 9.59 Å². The Bertz CT molecular complexity index is 591. The first-order valence-electron chi connectivity index (χ1n) is 8.65. The first-order chi connectivity index (χ1) is 11.6. The van der Waals surface area contributed by atoms with Crippen molar-refractivity contribution in [1.29, 1.82) is 0 Å². The number of unbranched alkanes of at least 4 members (excludes halogenated alkanes) is 2. The monoisotopic (exact) mass is 347 g/mol. The number of carbonyl (C=O) groups is 2. The molecule has 130 valence electrons. The van der Waals surface area contributed by atoms with Crippen molar-refractivity contribution in [2.75, 3.05) is 19.6 Å². The summed E-state index contributed by atoms with van der Waals surface area (Å²) in [4.78, 5) is 32.3. The van der Waals surface area contributed by atoms with Crippen LogP contribution in [0.2, 0.25) is 0 Å². The summed E-state index contributed by atoms with van der Waals surface area (Å²) in [5.41, 5.74) is 0.730. The van der Waals surface area contributed by atoms with E-state index >= 15 is 0 Å². The van der Waals surface area contributed by atoms with Crippen molar-refractivity contribution >= 4 is 34.9 Å². The van der Waals surface area contributed by atoms with E-state index in [1.807, 2.05) is 43.1 Å². The van der Waals surface area contributed by atoms with Crippen LogP contribution >= 0.6 is 12.2 Å². The number of aliphatic imine (C=N–C) groups is 1. The van der Waals surface area contributed by atoms with E-state index in [2.05, 4.69) is 4.99 Å². The highest BCUT2D eigenvalue weighted by atomic mass is 32.1. The Balaban J connectivity index is 1.77. The maximum absolute atomic E-state index is 12.5. The molecule has 2 rings (SSSR count). The van der Waals surface area contributed by atoms with Gasteiger partial charge in [0.1, 0.15) is 0 Å². The summed E-state index contributed by atoms with van der Waals surface area (Å²) >= 11 is 5.26. The molecule has 1 unspecified atom stereocenters. The summed E-state index contributed by atoms with van der Waals surface area (Å²) in [6.45, 7) is 6.08. The molecule has 0 aromatic carbocycles. The lowest BCUT2D eigenvalue weighted by molar-refractivity contribution is -0.131. The van der Waals surface area contributed by atoms with Gasteiger partial charge in [0, 0.05) is 26.1 Å². The number of thiocarbonyl (C=S) groups is 1. The minimum absolute atomic E-state index is 0.00446. The fourth-order valence-corrected chi connectivity index (χ4v) is 3.23. The number of rotatable bonds is 8. The van der Waals surface area contributed by atoms with Crippen LogP contribution in [-0.4, -0.2) is 52.1 Å². The van der Waals surface area contributed by atoms with E-state index in [1.165, 1.54) is 0 Å². The highest BCUT2D eigenvalue weighted by molar-refractivity contribution is 7.80. The first-order valence-corrected chi connectivity index (χ1v) is 9.05. The molecule has 1 atom stereocenters. The molecule has 0 aromatic heterocycles. The average molecular weight is 347 g/mol. The van der Waals surface area contributed by atoms with Crippen molar-refractivity contribution in [3.8, 4) is 0 Å². The fraction of sp³-hybridized carbons (Fsp3) is 0.556. The van der Waals surface area contributed by atoms with Gasteiger partial charge in [-0.15, -0.1) is 0 Å². The standard InChI is InChI=1S/C18H25N3O2S/c1-3-20(4-2)16(22)12-6-5-9-13-21-17(23)14-10-7-8-11-15(14)19-18(21)24/h7-8,10-11,14H,3-6,9,12-13H2,1-2H3. The predicted octanol–water partition coefficient (Wildman–Crippen LogP) is 2.73. The second-order valence-electron chi connectivity index (χ2n) is 5.91. The quantitative estimate of drug-likeness (QED) is 0.501. The maximum atomic E-state index is 12.5. The molecular weight excluding hydrogens is 322 g/mol. The van der Waals surface area contributed by atoms with Crippen LogP contribution in [0.4, 0.5) is 0 Å². The van der Waals surface area contributed by atoms with Gasteiger partial charge in [0.25, 0.3) is 0 Å². The van der Waals surface area contributed by atoms with Gasteiger partial charge in [-0.25, -0.2) is 4.99 Å². The van der Waals surface area contributed by atoms with E-state index in [4.69, 9.17) is 12.2 Å². The molecule has 1 aliphatic heterocycles. The number of fused-ring (bicyclic) bond motifs is 1. The Kier molecular flexibility index (Phi) is 6.85. The highest BCUT2D eigenvalue weighted by Gasteiger charge is 2.33. The number of nitrogens with zero attached hydrogens (tertiary/aromatic N) is 3. The minimum atomic E-state index is -0.300. The summed E-state index contributed by atoms with van der Waals surface area (Å²) in [5.74, 6) is -0.0892. The van der Waals surface area contributed by atoms with Crippen molar-refractivity contribution in [3.63, 3.8) is 0 Å². The molecule has 0 spiro atoms. The van der Waals surface area contributed by atoms with Crippen LogP contribution in [0.1, 0.15) is 39.5 Å². The lowest BCUT2D eigenvalue weighted by Gasteiger charge is -2.30. The third kappa shape index (κ3) is 4.38. The maximum Gasteiger partial charge on any atom is 0.241 e. The molecule has 6 heteroatoms. The van der Waals surface area contributed by atoms with Crippen LogP contribution in [0, 0.1) is 5.92 Å². The van der Waals surface area contributed by atoms with Crippen molar-refractivity contribution in [3.05, 3.63) is 24.3 Å². The lowest BCUT2D eigenvalue weighted by Crippen LogP contribution is -2.46. The minimum Gasteiger partial charge on any atom is -0.343 e. The average Bonchev–Trinajstić information content (AvgIpc) is 2.58. The van der Waals surface area contributed by atoms with Crippen molar-refractivity contribution in [2.45, 2.75) is 39.5 Å². The second-order valence-corrected chi connectivity index (χ2v) is 6.27. The lowest BCUT2D eigenvalue weighted by atomic mass is 9.95. The van der Waals surface area contributed by atoms with Gasteiger partial charge in [0.15, 0.2) is 0 Å². The van der Waals surface area contributed by atoms with Gasteiger partial charge < -0.3 is 4.90 Å². The van der Waals surface area contributed by atoms with Crippen molar-refractivity contribution in [2.24, 2.45) is 10.9 Å². The summed E-state index contributed by atoms with van der Waals surface area (Å²) in [7, 11) is 0. The van der Waals surface area contributed by atoms with Gasteiger partial charge in [-0.1, -0.05) is 24.6 Å². The SMILES string of the molecule is CCN(CC)C(=O)CCCCCN1C(=O)C2C=CC=CC2=NC1=S. The number of carbonyl (C=O) groups excluding carboxylic acids is 2. The molecule has 0 radical (unpaired) electrons. The molecule has 0 N–H and O–H groups in total. The van der Waals surface area contributed by atoms with Gasteiger partial charge in [0.05, 0.1) is 11.6 Å². The number of allylic oxidation sites excluding steroid dienone is 3. The Morgan fingerprint density at radius 2 is 2.00 bits per heavy atom. The summed E-state index contributed by atoms with van der Waals surface area (Å²) < 4.78 is 0. The molecule has 1 aliphatic carbocycles. The molecule has 2 aliphatic rings. The Morgan fingerprint density at radius 1 is 1.25 bits per heavy atom. The largest absolute Gasteiger partial charge is 0.343 e. The zero-order valence-corrected chi connectivity index (χ0v) is 15.2. The topological polar surface area (TPSA) is 53.0 Å². The number of hydrogen-bond donors (Lipinski definition) is 0. The summed E-state index contributed by atoms with van der Waals surface area (Å²) in [5, 5.41) is 0.352. The van der Waals surface area contributed by atoms with Crippen LogP contribution in [-0.2, 0) is 9.59 Å². The van der Waals surface area contributed by atoms with E-state index in [-0.39, 0.29) is 17.7 Å². The zero-order chi connectivity index (χ0) is 17.5. The Hall–Kier alpha value is -1.82. The Labute approximate surface area is 149 Å². The molecule has 0 aromatic rings. The van der Waals surface area contributed by atoms with E-state index < -0.39 is 0 Å².